The Labute approximate surface area is 152 Å². The van der Waals surface area contributed by atoms with Crippen molar-refractivity contribution < 1.29 is 4.79 Å². The summed E-state index contributed by atoms with van der Waals surface area (Å²) in [5.41, 5.74) is 5.73. The monoisotopic (exact) mass is 353 g/mol. The van der Waals surface area contributed by atoms with E-state index in [-0.39, 0.29) is 5.91 Å². The number of imidazole rings is 1. The summed E-state index contributed by atoms with van der Waals surface area (Å²) in [6.07, 6.45) is 4.08. The second-order valence-corrected chi connectivity index (χ2v) is 7.85. The van der Waals surface area contributed by atoms with Gasteiger partial charge in [-0.3, -0.25) is 4.79 Å². The van der Waals surface area contributed by atoms with Crippen molar-refractivity contribution in [1.82, 2.24) is 14.5 Å². The lowest BCUT2D eigenvalue weighted by molar-refractivity contribution is 0.0684. The van der Waals surface area contributed by atoms with Gasteiger partial charge in [-0.05, 0) is 67.3 Å². The Bertz CT molecular complexity index is 889. The largest absolute Gasteiger partial charge is 0.339 e. The zero-order chi connectivity index (χ0) is 17.4. The molecular weight excluding hydrogens is 330 g/mol. The SMILES string of the molecule is Cc1cc2ncn(CC3CCN(C(=O)c4ccsc4)CC3)c2cc1C. The Balaban J connectivity index is 1.42. The fourth-order valence-corrected chi connectivity index (χ4v) is 4.25. The Hall–Kier alpha value is -2.14. The molecule has 1 aliphatic heterocycles. The van der Waals surface area contributed by atoms with E-state index in [9.17, 15) is 4.79 Å². The second kappa shape index (κ2) is 6.64. The molecule has 0 spiro atoms. The van der Waals surface area contributed by atoms with Crippen molar-refractivity contribution in [2.24, 2.45) is 5.92 Å². The summed E-state index contributed by atoms with van der Waals surface area (Å²) < 4.78 is 2.28. The number of amides is 1. The minimum absolute atomic E-state index is 0.180. The number of nitrogens with zero attached hydrogens (tertiary/aromatic N) is 3. The Morgan fingerprint density at radius 2 is 2.00 bits per heavy atom. The fourth-order valence-electron chi connectivity index (χ4n) is 3.62. The first kappa shape index (κ1) is 16.3. The smallest absolute Gasteiger partial charge is 0.254 e. The molecule has 1 amide bonds. The van der Waals surface area contributed by atoms with Gasteiger partial charge < -0.3 is 9.47 Å². The van der Waals surface area contributed by atoms with E-state index in [1.54, 1.807) is 11.3 Å². The summed E-state index contributed by atoms with van der Waals surface area (Å²) in [4.78, 5) is 19.0. The summed E-state index contributed by atoms with van der Waals surface area (Å²) in [6, 6.07) is 6.33. The van der Waals surface area contributed by atoms with Gasteiger partial charge in [0.1, 0.15) is 0 Å². The first-order valence-corrected chi connectivity index (χ1v) is 9.79. The van der Waals surface area contributed by atoms with Gasteiger partial charge in [-0.25, -0.2) is 4.98 Å². The first-order valence-electron chi connectivity index (χ1n) is 8.85. The molecule has 2 aromatic heterocycles. The van der Waals surface area contributed by atoms with Crippen LogP contribution in [0.15, 0.2) is 35.3 Å². The minimum Gasteiger partial charge on any atom is -0.339 e. The van der Waals surface area contributed by atoms with Crippen LogP contribution < -0.4 is 0 Å². The van der Waals surface area contributed by atoms with E-state index >= 15 is 0 Å². The lowest BCUT2D eigenvalue weighted by atomic mass is 9.96. The van der Waals surface area contributed by atoms with E-state index in [1.807, 2.05) is 28.1 Å². The number of hydrogen-bond donors (Lipinski definition) is 0. The number of piperidine rings is 1. The summed E-state index contributed by atoms with van der Waals surface area (Å²) >= 11 is 1.58. The molecule has 4 nitrogen and oxygen atoms in total. The zero-order valence-corrected chi connectivity index (χ0v) is 15.6. The summed E-state index contributed by atoms with van der Waals surface area (Å²) in [6.45, 7) is 6.97. The summed E-state index contributed by atoms with van der Waals surface area (Å²) in [5, 5.41) is 3.91. The summed E-state index contributed by atoms with van der Waals surface area (Å²) in [5.74, 6) is 0.782. The van der Waals surface area contributed by atoms with Gasteiger partial charge in [-0.2, -0.15) is 11.3 Å². The minimum atomic E-state index is 0.180. The average molecular weight is 353 g/mol. The molecule has 25 heavy (non-hydrogen) atoms. The number of carbonyl (C=O) groups excluding carboxylic acids is 1. The maximum absolute atomic E-state index is 12.4. The van der Waals surface area contributed by atoms with Crippen LogP contribution in [-0.4, -0.2) is 33.4 Å². The van der Waals surface area contributed by atoms with E-state index in [4.69, 9.17) is 0 Å². The molecule has 0 N–H and O–H groups in total. The second-order valence-electron chi connectivity index (χ2n) is 7.07. The van der Waals surface area contributed by atoms with Crippen LogP contribution in [0, 0.1) is 19.8 Å². The third-order valence-corrected chi connectivity index (χ3v) is 6.04. The highest BCUT2D eigenvalue weighted by Crippen LogP contribution is 2.24. The lowest BCUT2D eigenvalue weighted by Crippen LogP contribution is -2.39. The van der Waals surface area contributed by atoms with Gasteiger partial charge in [-0.15, -0.1) is 0 Å². The third-order valence-electron chi connectivity index (χ3n) is 5.36. The van der Waals surface area contributed by atoms with Crippen molar-refractivity contribution in [3.05, 3.63) is 52.0 Å². The third kappa shape index (κ3) is 3.21. The standard InChI is InChI=1S/C20H23N3OS/c1-14-9-18-19(10-15(14)2)23(13-21-18)11-16-3-6-22(7-4-16)20(24)17-5-8-25-12-17/h5,8-10,12-13,16H,3-4,6-7,11H2,1-2H3. The molecule has 1 aliphatic rings. The van der Waals surface area contributed by atoms with Crippen molar-refractivity contribution in [1.29, 1.82) is 0 Å². The van der Waals surface area contributed by atoms with E-state index in [0.29, 0.717) is 5.92 Å². The van der Waals surface area contributed by atoms with Gasteiger partial charge in [0.05, 0.1) is 22.9 Å². The molecule has 1 saturated heterocycles. The molecule has 0 radical (unpaired) electrons. The molecule has 3 heterocycles. The van der Waals surface area contributed by atoms with Gasteiger partial charge in [0.15, 0.2) is 0 Å². The number of rotatable bonds is 3. The van der Waals surface area contributed by atoms with Gasteiger partial charge >= 0.3 is 0 Å². The van der Waals surface area contributed by atoms with E-state index in [0.717, 1.165) is 43.6 Å². The number of benzene rings is 1. The topological polar surface area (TPSA) is 38.1 Å². The highest BCUT2D eigenvalue weighted by Gasteiger charge is 2.24. The molecule has 3 aromatic rings. The normalized spacial score (nSPS) is 15.8. The number of carbonyl (C=O) groups is 1. The first-order chi connectivity index (χ1) is 12.1. The predicted octanol–water partition coefficient (Wildman–Crippen LogP) is 4.27. The van der Waals surface area contributed by atoms with E-state index < -0.39 is 0 Å². The molecule has 0 aliphatic carbocycles. The van der Waals surface area contributed by atoms with Crippen molar-refractivity contribution in [2.45, 2.75) is 33.2 Å². The molecule has 0 atom stereocenters. The van der Waals surface area contributed by atoms with Crippen LogP contribution in [0.2, 0.25) is 0 Å². The van der Waals surface area contributed by atoms with E-state index in [2.05, 4.69) is 35.5 Å². The Morgan fingerprint density at radius 1 is 1.24 bits per heavy atom. The number of thiophene rings is 1. The highest BCUT2D eigenvalue weighted by molar-refractivity contribution is 7.08. The number of aryl methyl sites for hydroxylation is 2. The van der Waals surface area contributed by atoms with Gasteiger partial charge in [0.2, 0.25) is 0 Å². The van der Waals surface area contributed by atoms with Crippen LogP contribution in [0.3, 0.4) is 0 Å². The number of likely N-dealkylation sites (tertiary alicyclic amines) is 1. The van der Waals surface area contributed by atoms with Crippen LogP contribution in [-0.2, 0) is 6.54 Å². The fraction of sp³-hybridized carbons (Fsp3) is 0.400. The number of fused-ring (bicyclic) bond motifs is 1. The number of hydrogen-bond acceptors (Lipinski definition) is 3. The number of aromatic nitrogens is 2. The van der Waals surface area contributed by atoms with Crippen molar-refractivity contribution in [2.75, 3.05) is 13.1 Å². The predicted molar refractivity (Wildman–Crippen MR) is 102 cm³/mol. The lowest BCUT2D eigenvalue weighted by Gasteiger charge is -2.32. The molecule has 130 valence electrons. The molecule has 1 fully saturated rings. The molecular formula is C20H23N3OS. The van der Waals surface area contributed by atoms with Gasteiger partial charge in [0.25, 0.3) is 5.91 Å². The van der Waals surface area contributed by atoms with Crippen molar-refractivity contribution in [3.8, 4) is 0 Å². The van der Waals surface area contributed by atoms with Crippen molar-refractivity contribution in [3.63, 3.8) is 0 Å². The Kier molecular flexibility index (Phi) is 4.34. The summed E-state index contributed by atoms with van der Waals surface area (Å²) in [7, 11) is 0. The molecule has 1 aromatic carbocycles. The molecule has 4 rings (SSSR count). The van der Waals surface area contributed by atoms with Gasteiger partial charge in [0, 0.05) is 25.0 Å². The molecule has 0 saturated carbocycles. The Morgan fingerprint density at radius 3 is 2.72 bits per heavy atom. The molecule has 0 unspecified atom stereocenters. The quantitative estimate of drug-likeness (QED) is 0.705. The van der Waals surface area contributed by atoms with Crippen LogP contribution in [0.5, 0.6) is 0 Å². The van der Waals surface area contributed by atoms with Gasteiger partial charge in [-0.1, -0.05) is 0 Å². The maximum atomic E-state index is 12.4. The van der Waals surface area contributed by atoms with Crippen LogP contribution in [0.25, 0.3) is 11.0 Å². The van der Waals surface area contributed by atoms with Crippen LogP contribution >= 0.6 is 11.3 Å². The zero-order valence-electron chi connectivity index (χ0n) is 14.7. The maximum Gasteiger partial charge on any atom is 0.254 e. The molecule has 5 heteroatoms. The highest BCUT2D eigenvalue weighted by atomic mass is 32.1. The van der Waals surface area contributed by atoms with Crippen LogP contribution in [0.1, 0.15) is 34.3 Å². The van der Waals surface area contributed by atoms with Crippen LogP contribution in [0.4, 0.5) is 0 Å². The molecule has 0 bridgehead atoms. The van der Waals surface area contributed by atoms with E-state index in [1.165, 1.54) is 16.6 Å². The van der Waals surface area contributed by atoms with Crippen molar-refractivity contribution >= 4 is 28.3 Å². The average Bonchev–Trinajstić information content (AvgIpc) is 3.27.